The minimum Gasteiger partial charge on any atom is -0.395 e. The number of primary amides is 1. The molecule has 1 fully saturated rings. The summed E-state index contributed by atoms with van der Waals surface area (Å²) in [5.41, 5.74) is 15.3. The number of aromatic nitrogens is 1. The SMILES string of the molecule is Cc1ccc(N(C(=O)c2snc(C(N)=O)c2N)[C@@H](C(=O)NC[C@H]2CCCO2)c2ccc(N(C)C)cc2)cc1C. The molecule has 3 amide bonds. The molecule has 2 atom stereocenters. The van der Waals surface area contributed by atoms with Gasteiger partial charge in [0.15, 0.2) is 5.69 Å². The molecule has 1 saturated heterocycles. The number of nitrogens with one attached hydrogen (secondary N) is 1. The number of aryl methyl sites for hydroxylation is 2. The molecule has 0 unspecified atom stereocenters. The van der Waals surface area contributed by atoms with Gasteiger partial charge in [-0.05, 0) is 79.2 Å². The molecule has 11 heteroatoms. The Bertz CT molecular complexity index is 1360. The fourth-order valence-electron chi connectivity index (χ4n) is 4.49. The van der Waals surface area contributed by atoms with Crippen LogP contribution >= 0.6 is 11.5 Å². The van der Waals surface area contributed by atoms with Gasteiger partial charge >= 0.3 is 0 Å². The van der Waals surface area contributed by atoms with Gasteiger partial charge in [0.2, 0.25) is 5.91 Å². The number of benzene rings is 2. The van der Waals surface area contributed by atoms with E-state index >= 15 is 0 Å². The Morgan fingerprint density at radius 3 is 2.36 bits per heavy atom. The van der Waals surface area contributed by atoms with E-state index < -0.39 is 17.9 Å². The second-order valence-corrected chi connectivity index (χ2v) is 10.6. The van der Waals surface area contributed by atoms with Crippen molar-refractivity contribution in [1.82, 2.24) is 9.69 Å². The van der Waals surface area contributed by atoms with E-state index in [9.17, 15) is 14.4 Å². The van der Waals surface area contributed by atoms with Crippen LogP contribution in [0.1, 0.15) is 55.7 Å². The quantitative estimate of drug-likeness (QED) is 0.371. The van der Waals surface area contributed by atoms with E-state index in [0.29, 0.717) is 24.4 Å². The Labute approximate surface area is 232 Å². The number of nitrogen functional groups attached to an aromatic ring is 1. The van der Waals surface area contributed by atoms with Crippen LogP contribution in [0, 0.1) is 13.8 Å². The van der Waals surface area contributed by atoms with Gasteiger partial charge in [-0.15, -0.1) is 0 Å². The van der Waals surface area contributed by atoms with Crippen molar-refractivity contribution in [2.75, 3.05) is 42.8 Å². The summed E-state index contributed by atoms with van der Waals surface area (Å²) in [5.74, 6) is -1.76. The third-order valence-corrected chi connectivity index (χ3v) is 7.75. The number of anilines is 3. The average molecular weight is 551 g/mol. The molecular formula is C28H34N6O4S. The normalized spacial score (nSPS) is 15.5. The molecular weight excluding hydrogens is 516 g/mol. The van der Waals surface area contributed by atoms with E-state index in [2.05, 4.69) is 9.69 Å². The minimum absolute atomic E-state index is 0.0314. The van der Waals surface area contributed by atoms with Gasteiger partial charge < -0.3 is 26.4 Å². The Morgan fingerprint density at radius 1 is 1.10 bits per heavy atom. The number of hydrogen-bond acceptors (Lipinski definition) is 8. The molecule has 3 aromatic rings. The fraction of sp³-hybridized carbons (Fsp3) is 0.357. The first kappa shape index (κ1) is 28.1. The summed E-state index contributed by atoms with van der Waals surface area (Å²) in [6.45, 7) is 4.90. The van der Waals surface area contributed by atoms with Gasteiger partial charge in [0.1, 0.15) is 10.9 Å². The number of carbonyl (C=O) groups is 3. The molecule has 0 aliphatic carbocycles. The Hall–Kier alpha value is -3.96. The highest BCUT2D eigenvalue weighted by Gasteiger charge is 2.36. The van der Waals surface area contributed by atoms with Gasteiger partial charge in [-0.1, -0.05) is 18.2 Å². The molecule has 2 heterocycles. The molecule has 0 bridgehead atoms. The minimum atomic E-state index is -1.05. The third kappa shape index (κ3) is 6.04. The maximum Gasteiger partial charge on any atom is 0.273 e. The molecule has 206 valence electrons. The number of nitrogens with zero attached hydrogens (tertiary/aromatic N) is 3. The van der Waals surface area contributed by atoms with Crippen LogP contribution < -0.4 is 26.6 Å². The topological polar surface area (TPSA) is 144 Å². The van der Waals surface area contributed by atoms with Gasteiger partial charge in [0.25, 0.3) is 11.8 Å². The zero-order chi connectivity index (χ0) is 28.3. The summed E-state index contributed by atoms with van der Waals surface area (Å²) in [5, 5.41) is 3.00. The van der Waals surface area contributed by atoms with Crippen LogP contribution in [0.3, 0.4) is 0 Å². The molecule has 5 N–H and O–H groups in total. The zero-order valence-electron chi connectivity index (χ0n) is 22.6. The van der Waals surface area contributed by atoms with Crippen LogP contribution in [-0.2, 0) is 9.53 Å². The number of carbonyl (C=O) groups excluding carboxylic acids is 3. The number of amides is 3. The van der Waals surface area contributed by atoms with Gasteiger partial charge in [-0.3, -0.25) is 19.3 Å². The summed E-state index contributed by atoms with van der Waals surface area (Å²) in [6.07, 6.45) is 1.72. The van der Waals surface area contributed by atoms with E-state index in [4.69, 9.17) is 16.2 Å². The molecule has 2 aromatic carbocycles. The molecule has 1 aliphatic heterocycles. The van der Waals surface area contributed by atoms with Crippen molar-refractivity contribution in [1.29, 1.82) is 0 Å². The Balaban J connectivity index is 1.84. The number of hydrogen-bond donors (Lipinski definition) is 3. The summed E-state index contributed by atoms with van der Waals surface area (Å²) in [4.78, 5) is 43.4. The van der Waals surface area contributed by atoms with Crippen molar-refractivity contribution in [2.24, 2.45) is 5.73 Å². The van der Waals surface area contributed by atoms with Gasteiger partial charge in [-0.25, -0.2) is 0 Å². The summed E-state index contributed by atoms with van der Waals surface area (Å²) in [6, 6.07) is 11.9. The van der Waals surface area contributed by atoms with E-state index in [1.807, 2.05) is 69.2 Å². The van der Waals surface area contributed by atoms with Crippen molar-refractivity contribution in [3.05, 3.63) is 69.7 Å². The highest BCUT2D eigenvalue weighted by atomic mass is 32.1. The maximum atomic E-state index is 14.2. The molecule has 0 spiro atoms. The van der Waals surface area contributed by atoms with Crippen molar-refractivity contribution < 1.29 is 19.1 Å². The average Bonchev–Trinajstić information content (AvgIpc) is 3.57. The largest absolute Gasteiger partial charge is 0.395 e. The van der Waals surface area contributed by atoms with Crippen LogP contribution in [0.4, 0.5) is 17.1 Å². The smallest absolute Gasteiger partial charge is 0.273 e. The van der Waals surface area contributed by atoms with Crippen molar-refractivity contribution >= 4 is 46.3 Å². The Kier molecular flexibility index (Phi) is 8.51. The van der Waals surface area contributed by atoms with E-state index in [-0.39, 0.29) is 28.3 Å². The predicted molar refractivity (Wildman–Crippen MR) is 153 cm³/mol. The maximum absolute atomic E-state index is 14.2. The lowest BCUT2D eigenvalue weighted by atomic mass is 10.0. The van der Waals surface area contributed by atoms with Crippen LogP contribution in [0.5, 0.6) is 0 Å². The number of ether oxygens (including phenoxy) is 1. The molecule has 1 aromatic heterocycles. The van der Waals surface area contributed by atoms with Gasteiger partial charge in [0, 0.05) is 38.6 Å². The van der Waals surface area contributed by atoms with Crippen molar-refractivity contribution in [3.63, 3.8) is 0 Å². The molecule has 39 heavy (non-hydrogen) atoms. The van der Waals surface area contributed by atoms with Crippen LogP contribution in [0.15, 0.2) is 42.5 Å². The third-order valence-electron chi connectivity index (χ3n) is 6.90. The molecule has 10 nitrogen and oxygen atoms in total. The van der Waals surface area contributed by atoms with E-state index in [1.54, 1.807) is 6.07 Å². The standard InChI is InChI=1S/C28H34N6O4S/c1-16-7-10-20(14-17(16)2)34(28(37)25-22(29)23(26(30)35)32-39-25)24(18-8-11-19(12-9-18)33(3)4)27(36)31-15-21-6-5-13-38-21/h7-12,14,21,24H,5-6,13,15,29H2,1-4H3,(H2,30,35)(H,31,36)/t21-,24-/m1/s1. The molecule has 0 radical (unpaired) electrons. The summed E-state index contributed by atoms with van der Waals surface area (Å²) >= 11 is 0.782. The summed E-state index contributed by atoms with van der Waals surface area (Å²) in [7, 11) is 3.85. The lowest BCUT2D eigenvalue weighted by molar-refractivity contribution is -0.123. The second-order valence-electron chi connectivity index (χ2n) is 9.85. The zero-order valence-corrected chi connectivity index (χ0v) is 23.4. The van der Waals surface area contributed by atoms with Gasteiger partial charge in [0.05, 0.1) is 11.8 Å². The van der Waals surface area contributed by atoms with Gasteiger partial charge in [-0.2, -0.15) is 4.37 Å². The lowest BCUT2D eigenvalue weighted by Gasteiger charge is -2.32. The second kappa shape index (κ2) is 11.8. The van der Waals surface area contributed by atoms with Crippen LogP contribution in [0.25, 0.3) is 0 Å². The number of rotatable bonds is 9. The van der Waals surface area contributed by atoms with Crippen LogP contribution in [0.2, 0.25) is 0 Å². The monoisotopic (exact) mass is 550 g/mol. The van der Waals surface area contributed by atoms with Crippen molar-refractivity contribution in [2.45, 2.75) is 38.8 Å². The highest BCUT2D eigenvalue weighted by Crippen LogP contribution is 2.34. The lowest BCUT2D eigenvalue weighted by Crippen LogP contribution is -2.45. The summed E-state index contributed by atoms with van der Waals surface area (Å²) < 4.78 is 9.71. The molecule has 0 saturated carbocycles. The molecule has 1 aliphatic rings. The van der Waals surface area contributed by atoms with E-state index in [1.165, 1.54) is 4.90 Å². The first-order valence-corrected chi connectivity index (χ1v) is 13.5. The highest BCUT2D eigenvalue weighted by molar-refractivity contribution is 7.09. The van der Waals surface area contributed by atoms with Crippen LogP contribution in [-0.4, -0.2) is 55.4 Å². The van der Waals surface area contributed by atoms with E-state index in [0.717, 1.165) is 41.2 Å². The fourth-order valence-corrected chi connectivity index (χ4v) is 5.23. The predicted octanol–water partition coefficient (Wildman–Crippen LogP) is 3.19. The first-order chi connectivity index (χ1) is 18.6. The Morgan fingerprint density at radius 2 is 1.79 bits per heavy atom. The van der Waals surface area contributed by atoms with Crippen molar-refractivity contribution in [3.8, 4) is 0 Å². The first-order valence-electron chi connectivity index (χ1n) is 12.7. The molecule has 4 rings (SSSR count). The number of nitrogens with two attached hydrogens (primary N) is 2.